The summed E-state index contributed by atoms with van der Waals surface area (Å²) in [5.41, 5.74) is 0.553. The minimum absolute atomic E-state index is 0.553. The van der Waals surface area contributed by atoms with Crippen LogP contribution >= 0.6 is 15.9 Å². The largest absolute Gasteiger partial charge is 0.240 e. The molecule has 0 bridgehead atoms. The second-order valence-electron chi connectivity index (χ2n) is 1.58. The number of benzene rings is 1. The molecule has 3 heteroatoms. The number of nitrogens with zero attached hydrogens (tertiary/aromatic N) is 1. The number of hydrogen-bond donors (Lipinski definition) is 0. The predicted molar refractivity (Wildman–Crippen MR) is 40.8 cm³/mol. The number of isocyanates is 1. The van der Waals surface area contributed by atoms with Crippen LogP contribution in [0, 0.1) is 6.07 Å². The van der Waals surface area contributed by atoms with Gasteiger partial charge in [0.1, 0.15) is 0 Å². The SMILES string of the molecule is O=C=Nc1c[c]ccc1Br. The van der Waals surface area contributed by atoms with Gasteiger partial charge in [0.2, 0.25) is 6.08 Å². The van der Waals surface area contributed by atoms with Gasteiger partial charge in [0.25, 0.3) is 0 Å². The van der Waals surface area contributed by atoms with E-state index in [0.717, 1.165) is 4.47 Å². The van der Waals surface area contributed by atoms with Crippen LogP contribution < -0.4 is 0 Å². The molecular formula is C7H3BrNO. The van der Waals surface area contributed by atoms with E-state index in [1.54, 1.807) is 18.2 Å². The highest BCUT2D eigenvalue weighted by Gasteiger charge is 1.92. The van der Waals surface area contributed by atoms with Gasteiger partial charge in [-0.15, -0.1) is 0 Å². The summed E-state index contributed by atoms with van der Waals surface area (Å²) < 4.78 is 0.773. The highest BCUT2D eigenvalue weighted by atomic mass is 79.9. The number of carbonyl (C=O) groups excluding carboxylic acids is 1. The summed E-state index contributed by atoms with van der Waals surface area (Å²) in [6, 6.07) is 7.88. The first-order chi connectivity index (χ1) is 4.84. The van der Waals surface area contributed by atoms with Gasteiger partial charge in [0, 0.05) is 4.47 Å². The second-order valence-corrected chi connectivity index (χ2v) is 2.43. The van der Waals surface area contributed by atoms with E-state index in [4.69, 9.17) is 0 Å². The van der Waals surface area contributed by atoms with Gasteiger partial charge in [0.15, 0.2) is 0 Å². The Kier molecular flexibility index (Phi) is 2.37. The van der Waals surface area contributed by atoms with Crippen molar-refractivity contribution < 1.29 is 4.79 Å². The van der Waals surface area contributed by atoms with Crippen LogP contribution in [0.1, 0.15) is 0 Å². The summed E-state index contributed by atoms with van der Waals surface area (Å²) >= 11 is 3.20. The lowest BCUT2D eigenvalue weighted by molar-refractivity contribution is 0.565. The number of rotatable bonds is 1. The zero-order chi connectivity index (χ0) is 7.40. The van der Waals surface area contributed by atoms with Gasteiger partial charge in [-0.2, -0.15) is 4.99 Å². The number of aliphatic imine (C=N–C) groups is 1. The molecule has 49 valence electrons. The van der Waals surface area contributed by atoms with Crippen LogP contribution in [-0.2, 0) is 4.79 Å². The van der Waals surface area contributed by atoms with E-state index in [1.807, 2.05) is 0 Å². The zero-order valence-corrected chi connectivity index (χ0v) is 6.55. The van der Waals surface area contributed by atoms with Gasteiger partial charge in [-0.05, 0) is 34.1 Å². The van der Waals surface area contributed by atoms with Crippen molar-refractivity contribution in [3.8, 4) is 0 Å². The monoisotopic (exact) mass is 196 g/mol. The molecule has 0 aromatic heterocycles. The number of halogens is 1. The van der Waals surface area contributed by atoms with Crippen molar-refractivity contribution in [2.75, 3.05) is 0 Å². The highest BCUT2D eigenvalue weighted by molar-refractivity contribution is 9.10. The molecule has 0 heterocycles. The molecule has 0 atom stereocenters. The van der Waals surface area contributed by atoms with Crippen molar-refractivity contribution in [1.82, 2.24) is 0 Å². The van der Waals surface area contributed by atoms with E-state index in [0.29, 0.717) is 5.69 Å². The van der Waals surface area contributed by atoms with Crippen LogP contribution in [0.3, 0.4) is 0 Å². The molecule has 0 unspecified atom stereocenters. The van der Waals surface area contributed by atoms with E-state index in [1.165, 1.54) is 6.08 Å². The maximum absolute atomic E-state index is 9.80. The standard InChI is InChI=1S/C7H3BrNO/c8-6-3-1-2-4-7(6)9-5-10/h1,3-4H. The van der Waals surface area contributed by atoms with Crippen LogP contribution in [0.25, 0.3) is 0 Å². The van der Waals surface area contributed by atoms with Gasteiger partial charge in [0.05, 0.1) is 5.69 Å². The van der Waals surface area contributed by atoms with Crippen LogP contribution in [0.5, 0.6) is 0 Å². The Morgan fingerprint density at radius 2 is 2.50 bits per heavy atom. The molecular weight excluding hydrogens is 194 g/mol. The van der Waals surface area contributed by atoms with Crippen molar-refractivity contribution >= 4 is 27.7 Å². The summed E-state index contributed by atoms with van der Waals surface area (Å²) in [6.07, 6.45) is 1.45. The molecule has 1 rings (SSSR count). The fraction of sp³-hybridized carbons (Fsp3) is 0. The van der Waals surface area contributed by atoms with Crippen molar-refractivity contribution in [1.29, 1.82) is 0 Å². The summed E-state index contributed by atoms with van der Waals surface area (Å²) in [7, 11) is 0. The van der Waals surface area contributed by atoms with E-state index in [2.05, 4.69) is 27.0 Å². The van der Waals surface area contributed by atoms with E-state index in [-0.39, 0.29) is 0 Å². The summed E-state index contributed by atoms with van der Waals surface area (Å²) in [6.45, 7) is 0. The molecule has 0 aliphatic heterocycles. The quantitative estimate of drug-likeness (QED) is 0.501. The predicted octanol–water partition coefficient (Wildman–Crippen LogP) is 2.22. The van der Waals surface area contributed by atoms with Crippen LogP contribution in [0.15, 0.2) is 27.7 Å². The lowest BCUT2D eigenvalue weighted by Crippen LogP contribution is -1.65. The minimum atomic E-state index is 0.553. The molecule has 1 radical (unpaired) electrons. The Morgan fingerprint density at radius 1 is 1.70 bits per heavy atom. The molecule has 0 amide bonds. The third-order valence-electron chi connectivity index (χ3n) is 0.957. The van der Waals surface area contributed by atoms with Gasteiger partial charge >= 0.3 is 0 Å². The van der Waals surface area contributed by atoms with Crippen molar-refractivity contribution in [3.05, 3.63) is 28.7 Å². The van der Waals surface area contributed by atoms with Crippen LogP contribution in [0.2, 0.25) is 0 Å². The Labute approximate surface area is 66.7 Å². The molecule has 1 aromatic carbocycles. The molecule has 0 aliphatic rings. The molecule has 1 aromatic rings. The Morgan fingerprint density at radius 3 is 3.10 bits per heavy atom. The highest BCUT2D eigenvalue weighted by Crippen LogP contribution is 2.22. The van der Waals surface area contributed by atoms with Gasteiger partial charge in [-0.25, -0.2) is 4.79 Å². The van der Waals surface area contributed by atoms with E-state index >= 15 is 0 Å². The van der Waals surface area contributed by atoms with Gasteiger partial charge in [-0.1, -0.05) is 6.07 Å². The maximum Gasteiger partial charge on any atom is 0.240 e. The first-order valence-corrected chi connectivity index (χ1v) is 3.37. The molecule has 0 spiro atoms. The summed E-state index contributed by atoms with van der Waals surface area (Å²) in [5.74, 6) is 0. The molecule has 2 nitrogen and oxygen atoms in total. The summed E-state index contributed by atoms with van der Waals surface area (Å²) in [4.78, 5) is 13.2. The third kappa shape index (κ3) is 1.53. The lowest BCUT2D eigenvalue weighted by Gasteiger charge is -1.90. The molecule has 0 N–H and O–H groups in total. The zero-order valence-electron chi connectivity index (χ0n) is 4.97. The first-order valence-electron chi connectivity index (χ1n) is 2.58. The average Bonchev–Trinajstić information content (AvgIpc) is 1.94. The fourth-order valence-electron chi connectivity index (χ4n) is 0.538. The second kappa shape index (κ2) is 3.30. The fourth-order valence-corrected chi connectivity index (χ4v) is 0.873. The van der Waals surface area contributed by atoms with Gasteiger partial charge < -0.3 is 0 Å². The minimum Gasteiger partial charge on any atom is -0.211 e. The van der Waals surface area contributed by atoms with E-state index < -0.39 is 0 Å². The Bertz CT molecular complexity index is 279. The lowest BCUT2D eigenvalue weighted by atomic mass is 10.3. The Balaban J connectivity index is 3.14. The topological polar surface area (TPSA) is 29.4 Å². The Hall–Kier alpha value is -0.920. The van der Waals surface area contributed by atoms with Gasteiger partial charge in [-0.3, -0.25) is 0 Å². The van der Waals surface area contributed by atoms with Crippen molar-refractivity contribution in [2.45, 2.75) is 0 Å². The average molecular weight is 197 g/mol. The molecule has 0 saturated carbocycles. The first kappa shape index (κ1) is 7.19. The van der Waals surface area contributed by atoms with E-state index in [9.17, 15) is 4.79 Å². The molecule has 0 aliphatic carbocycles. The van der Waals surface area contributed by atoms with Crippen LogP contribution in [0.4, 0.5) is 5.69 Å². The van der Waals surface area contributed by atoms with Crippen molar-refractivity contribution in [3.63, 3.8) is 0 Å². The van der Waals surface area contributed by atoms with Crippen LogP contribution in [-0.4, -0.2) is 6.08 Å². The maximum atomic E-state index is 9.80. The third-order valence-corrected chi connectivity index (χ3v) is 1.63. The number of hydrogen-bond acceptors (Lipinski definition) is 2. The molecule has 10 heavy (non-hydrogen) atoms. The molecule has 0 saturated heterocycles. The smallest absolute Gasteiger partial charge is 0.211 e. The summed E-state index contributed by atoms with van der Waals surface area (Å²) in [5, 5.41) is 0. The van der Waals surface area contributed by atoms with Crippen molar-refractivity contribution in [2.24, 2.45) is 4.99 Å². The molecule has 0 fully saturated rings. The normalized spacial score (nSPS) is 8.50.